The van der Waals surface area contributed by atoms with Gasteiger partial charge in [-0.15, -0.1) is 0 Å². The van der Waals surface area contributed by atoms with Crippen LogP contribution in [0, 0.1) is 23.7 Å². The van der Waals surface area contributed by atoms with Crippen molar-refractivity contribution in [1.29, 1.82) is 0 Å². The smallest absolute Gasteiger partial charge is 0.0391 e. The summed E-state index contributed by atoms with van der Waals surface area (Å²) in [6.07, 6.45) is 7.34. The van der Waals surface area contributed by atoms with Gasteiger partial charge in [0.25, 0.3) is 0 Å². The van der Waals surface area contributed by atoms with E-state index in [2.05, 4.69) is 37.7 Å². The second kappa shape index (κ2) is 5.82. The van der Waals surface area contributed by atoms with E-state index in [0.717, 1.165) is 43.3 Å². The Bertz CT molecular complexity index is 337. The van der Waals surface area contributed by atoms with Gasteiger partial charge in [-0.3, -0.25) is 4.90 Å². The third kappa shape index (κ3) is 2.46. The summed E-state index contributed by atoms with van der Waals surface area (Å²) in [5.41, 5.74) is 6.78. The van der Waals surface area contributed by atoms with Crippen molar-refractivity contribution >= 4 is 0 Å². The molecule has 1 atom stereocenters. The van der Waals surface area contributed by atoms with E-state index in [4.69, 9.17) is 5.73 Å². The summed E-state index contributed by atoms with van der Waals surface area (Å²) in [4.78, 5) is 5.13. The van der Waals surface area contributed by atoms with Gasteiger partial charge in [-0.2, -0.15) is 0 Å². The fourth-order valence-electron chi connectivity index (χ4n) is 6.56. The maximum atomic E-state index is 6.48. The second-order valence-corrected chi connectivity index (χ2v) is 8.40. The van der Waals surface area contributed by atoms with Crippen molar-refractivity contribution in [2.75, 3.05) is 33.7 Å². The van der Waals surface area contributed by atoms with Crippen LogP contribution >= 0.6 is 0 Å². The van der Waals surface area contributed by atoms with E-state index in [-0.39, 0.29) is 0 Å². The van der Waals surface area contributed by atoms with Crippen molar-refractivity contribution in [1.82, 2.24) is 9.80 Å². The van der Waals surface area contributed by atoms with Crippen LogP contribution in [0.3, 0.4) is 0 Å². The minimum atomic E-state index is 0.303. The van der Waals surface area contributed by atoms with E-state index in [1.54, 1.807) is 0 Å². The minimum absolute atomic E-state index is 0.303. The molecule has 4 saturated carbocycles. The van der Waals surface area contributed by atoms with E-state index in [9.17, 15) is 0 Å². The van der Waals surface area contributed by atoms with Crippen molar-refractivity contribution < 1.29 is 0 Å². The standard InChI is InChI=1S/C18H35N3/c1-5-21(13(2)11-20(3)4)18(12-19)16-7-14-6-15(9-16)10-17(18)8-14/h13-17H,5-12,19H2,1-4H3. The monoisotopic (exact) mass is 293 g/mol. The van der Waals surface area contributed by atoms with Crippen molar-refractivity contribution in [3.63, 3.8) is 0 Å². The lowest BCUT2D eigenvalue weighted by Gasteiger charge is -2.65. The Labute approximate surface area is 131 Å². The van der Waals surface area contributed by atoms with Gasteiger partial charge in [-0.1, -0.05) is 6.92 Å². The highest BCUT2D eigenvalue weighted by molar-refractivity contribution is 5.13. The van der Waals surface area contributed by atoms with E-state index in [1.165, 1.54) is 32.1 Å². The number of hydrogen-bond donors (Lipinski definition) is 1. The van der Waals surface area contributed by atoms with Crippen LogP contribution in [0.1, 0.15) is 46.0 Å². The molecule has 0 aromatic heterocycles. The molecule has 1 unspecified atom stereocenters. The van der Waals surface area contributed by atoms with Gasteiger partial charge < -0.3 is 10.6 Å². The normalized spacial score (nSPS) is 43.0. The molecule has 3 nitrogen and oxygen atoms in total. The molecule has 4 aliphatic rings. The molecule has 122 valence electrons. The zero-order valence-corrected chi connectivity index (χ0v) is 14.5. The molecule has 4 fully saturated rings. The largest absolute Gasteiger partial charge is 0.329 e. The van der Waals surface area contributed by atoms with E-state index in [1.807, 2.05) is 0 Å². The van der Waals surface area contributed by atoms with Gasteiger partial charge in [-0.05, 0) is 83.3 Å². The predicted molar refractivity (Wildman–Crippen MR) is 89.2 cm³/mol. The molecule has 0 aliphatic heterocycles. The van der Waals surface area contributed by atoms with Gasteiger partial charge >= 0.3 is 0 Å². The molecule has 4 rings (SSSR count). The molecule has 3 heteroatoms. The summed E-state index contributed by atoms with van der Waals surface area (Å²) >= 11 is 0. The number of nitrogens with zero attached hydrogens (tertiary/aromatic N) is 2. The van der Waals surface area contributed by atoms with Gasteiger partial charge in [-0.25, -0.2) is 0 Å². The summed E-state index contributed by atoms with van der Waals surface area (Å²) in [5, 5.41) is 0. The molecular formula is C18H35N3. The maximum Gasteiger partial charge on any atom is 0.0391 e. The number of hydrogen-bond acceptors (Lipinski definition) is 3. The molecule has 0 spiro atoms. The zero-order chi connectivity index (χ0) is 15.2. The number of nitrogens with two attached hydrogens (primary N) is 1. The lowest BCUT2D eigenvalue weighted by atomic mass is 9.48. The van der Waals surface area contributed by atoms with Crippen LogP contribution in [0.15, 0.2) is 0 Å². The summed E-state index contributed by atoms with van der Waals surface area (Å²) in [6.45, 7) is 7.91. The van der Waals surface area contributed by atoms with Crippen LogP contribution < -0.4 is 5.73 Å². The van der Waals surface area contributed by atoms with Crippen LogP contribution in [0.4, 0.5) is 0 Å². The van der Waals surface area contributed by atoms with Crippen molar-refractivity contribution in [2.24, 2.45) is 29.4 Å². The van der Waals surface area contributed by atoms with Gasteiger partial charge in [0.2, 0.25) is 0 Å². The highest BCUT2D eigenvalue weighted by atomic mass is 15.3. The Kier molecular flexibility index (Phi) is 4.37. The summed E-state index contributed by atoms with van der Waals surface area (Å²) < 4.78 is 0. The maximum absolute atomic E-state index is 6.48. The van der Waals surface area contributed by atoms with Crippen LogP contribution in [0.2, 0.25) is 0 Å². The molecule has 0 aromatic carbocycles. The average Bonchev–Trinajstić information content (AvgIpc) is 2.41. The molecule has 4 aliphatic carbocycles. The molecular weight excluding hydrogens is 258 g/mol. The van der Waals surface area contributed by atoms with E-state index < -0.39 is 0 Å². The first-order valence-electron chi connectivity index (χ1n) is 9.12. The molecule has 0 radical (unpaired) electrons. The van der Waals surface area contributed by atoms with Gasteiger partial charge in [0.1, 0.15) is 0 Å². The van der Waals surface area contributed by atoms with E-state index >= 15 is 0 Å². The number of rotatable bonds is 6. The summed E-state index contributed by atoms with van der Waals surface area (Å²) in [5.74, 6) is 3.77. The number of likely N-dealkylation sites (N-methyl/N-ethyl adjacent to an activating group) is 2. The molecule has 4 bridgehead atoms. The van der Waals surface area contributed by atoms with Crippen molar-refractivity contribution in [3.8, 4) is 0 Å². The first-order chi connectivity index (χ1) is 10.0. The highest BCUT2D eigenvalue weighted by Crippen LogP contribution is 2.60. The lowest BCUT2D eigenvalue weighted by Crippen LogP contribution is -2.71. The Morgan fingerprint density at radius 1 is 1.05 bits per heavy atom. The zero-order valence-electron chi connectivity index (χ0n) is 14.5. The van der Waals surface area contributed by atoms with Crippen molar-refractivity contribution in [2.45, 2.75) is 57.5 Å². The third-order valence-corrected chi connectivity index (χ3v) is 6.92. The fourth-order valence-corrected chi connectivity index (χ4v) is 6.56. The summed E-state index contributed by atoms with van der Waals surface area (Å²) in [6, 6.07) is 0.603. The molecule has 0 aromatic rings. The third-order valence-electron chi connectivity index (χ3n) is 6.92. The van der Waals surface area contributed by atoms with Crippen molar-refractivity contribution in [3.05, 3.63) is 0 Å². The Balaban J connectivity index is 1.88. The predicted octanol–water partition coefficient (Wildman–Crippen LogP) is 2.41. The second-order valence-electron chi connectivity index (χ2n) is 8.40. The molecule has 21 heavy (non-hydrogen) atoms. The van der Waals surface area contributed by atoms with Gasteiger partial charge in [0, 0.05) is 24.7 Å². The minimum Gasteiger partial charge on any atom is -0.329 e. The quantitative estimate of drug-likeness (QED) is 0.816. The first kappa shape index (κ1) is 15.8. The Hall–Kier alpha value is -0.120. The molecule has 0 amide bonds. The SMILES string of the molecule is CCN(C(C)CN(C)C)C1(CN)C2CC3CC(C2)CC1C3. The van der Waals surface area contributed by atoms with Crippen LogP contribution in [-0.4, -0.2) is 55.1 Å². The molecule has 2 N–H and O–H groups in total. The Morgan fingerprint density at radius 2 is 1.57 bits per heavy atom. The highest BCUT2D eigenvalue weighted by Gasteiger charge is 2.59. The van der Waals surface area contributed by atoms with Crippen LogP contribution in [0.25, 0.3) is 0 Å². The summed E-state index contributed by atoms with van der Waals surface area (Å²) in [7, 11) is 4.38. The van der Waals surface area contributed by atoms with E-state index in [0.29, 0.717) is 11.6 Å². The lowest BCUT2D eigenvalue weighted by molar-refractivity contribution is -0.142. The molecule has 0 heterocycles. The molecule has 0 saturated heterocycles. The topological polar surface area (TPSA) is 32.5 Å². The average molecular weight is 293 g/mol. The van der Waals surface area contributed by atoms with Gasteiger partial charge in [0.15, 0.2) is 0 Å². The Morgan fingerprint density at radius 3 is 1.95 bits per heavy atom. The van der Waals surface area contributed by atoms with Crippen LogP contribution in [0.5, 0.6) is 0 Å². The van der Waals surface area contributed by atoms with Crippen LogP contribution in [-0.2, 0) is 0 Å². The fraction of sp³-hybridized carbons (Fsp3) is 1.00. The van der Waals surface area contributed by atoms with Gasteiger partial charge in [0.05, 0.1) is 0 Å². The first-order valence-corrected chi connectivity index (χ1v) is 9.12.